The minimum Gasteiger partial charge on any atom is -0.381 e. The predicted octanol–water partition coefficient (Wildman–Crippen LogP) is 4.54. The third-order valence-electron chi connectivity index (χ3n) is 5.65. The lowest BCUT2D eigenvalue weighted by Gasteiger charge is -2.39. The van der Waals surface area contributed by atoms with Crippen LogP contribution in [0.25, 0.3) is 0 Å². The lowest BCUT2D eigenvalue weighted by molar-refractivity contribution is -0.137. The van der Waals surface area contributed by atoms with Crippen molar-refractivity contribution in [3.63, 3.8) is 0 Å². The van der Waals surface area contributed by atoms with Gasteiger partial charge in [0.15, 0.2) is 0 Å². The molecule has 0 saturated carbocycles. The number of carbonyl (C=O) groups is 1. The lowest BCUT2D eigenvalue weighted by Crippen LogP contribution is -2.50. The van der Waals surface area contributed by atoms with Gasteiger partial charge >= 0.3 is 12.2 Å². The molecular weight excluding hydrogens is 381 g/mol. The van der Waals surface area contributed by atoms with Crippen molar-refractivity contribution in [1.29, 1.82) is 0 Å². The summed E-state index contributed by atoms with van der Waals surface area (Å²) < 4.78 is 44.3. The number of amides is 2. The number of nitrogens with zero attached hydrogens (tertiary/aromatic N) is 1. The van der Waals surface area contributed by atoms with Crippen LogP contribution < -0.4 is 5.32 Å². The Morgan fingerprint density at radius 1 is 1.03 bits per heavy atom. The number of nitrogens with one attached hydrogen (secondary N) is 1. The van der Waals surface area contributed by atoms with Crippen LogP contribution in [0.3, 0.4) is 0 Å². The number of benzene rings is 2. The van der Waals surface area contributed by atoms with Gasteiger partial charge in [-0.15, -0.1) is 0 Å². The van der Waals surface area contributed by atoms with E-state index < -0.39 is 17.8 Å². The van der Waals surface area contributed by atoms with Crippen molar-refractivity contribution in [1.82, 2.24) is 10.2 Å². The van der Waals surface area contributed by atoms with Gasteiger partial charge in [-0.1, -0.05) is 36.4 Å². The Labute approximate surface area is 167 Å². The van der Waals surface area contributed by atoms with Crippen molar-refractivity contribution in [2.24, 2.45) is 0 Å². The molecule has 2 amide bonds. The maximum absolute atomic E-state index is 13.1. The third-order valence-corrected chi connectivity index (χ3v) is 5.65. The van der Waals surface area contributed by atoms with E-state index in [4.69, 9.17) is 4.74 Å². The first-order valence-corrected chi connectivity index (χ1v) is 9.83. The van der Waals surface area contributed by atoms with Gasteiger partial charge in [-0.25, -0.2) is 4.79 Å². The fourth-order valence-corrected chi connectivity index (χ4v) is 4.10. The summed E-state index contributed by atoms with van der Waals surface area (Å²) in [5.41, 5.74) is 2.06. The largest absolute Gasteiger partial charge is 0.416 e. The predicted molar refractivity (Wildman–Crippen MR) is 103 cm³/mol. The maximum atomic E-state index is 13.1. The highest BCUT2D eigenvalue weighted by Gasteiger charge is 2.34. The minimum atomic E-state index is -4.39. The molecule has 1 saturated heterocycles. The Bertz CT molecular complexity index is 861. The van der Waals surface area contributed by atoms with Crippen molar-refractivity contribution in [3.8, 4) is 0 Å². The number of carbonyl (C=O) groups excluding carboxylic acids is 1. The SMILES string of the molecule is O=C(NC1CCOCC1)N1CCc2ccccc2[C@H]1c1ccc(C(F)(F)F)cc1. The van der Waals surface area contributed by atoms with E-state index in [2.05, 4.69) is 5.32 Å². The number of urea groups is 1. The van der Waals surface area contributed by atoms with Gasteiger partial charge < -0.3 is 15.0 Å². The molecule has 2 heterocycles. The fourth-order valence-electron chi connectivity index (χ4n) is 4.10. The molecule has 0 aliphatic carbocycles. The summed E-state index contributed by atoms with van der Waals surface area (Å²) in [5, 5.41) is 3.08. The molecule has 1 N–H and O–H groups in total. The van der Waals surface area contributed by atoms with Gasteiger partial charge in [0.05, 0.1) is 11.6 Å². The van der Waals surface area contributed by atoms with Crippen molar-refractivity contribution in [2.45, 2.75) is 37.5 Å². The highest BCUT2D eigenvalue weighted by atomic mass is 19.4. The first-order chi connectivity index (χ1) is 13.9. The molecule has 0 unspecified atom stereocenters. The molecule has 0 bridgehead atoms. The molecule has 1 atom stereocenters. The van der Waals surface area contributed by atoms with E-state index in [-0.39, 0.29) is 12.1 Å². The molecule has 2 aromatic rings. The summed E-state index contributed by atoms with van der Waals surface area (Å²) >= 11 is 0. The van der Waals surface area contributed by atoms with Gasteiger partial charge in [0.2, 0.25) is 0 Å². The second-order valence-corrected chi connectivity index (χ2v) is 7.50. The summed E-state index contributed by atoms with van der Waals surface area (Å²) in [5.74, 6) is 0. The van der Waals surface area contributed by atoms with Gasteiger partial charge in [0.25, 0.3) is 0 Å². The van der Waals surface area contributed by atoms with Crippen LogP contribution >= 0.6 is 0 Å². The smallest absolute Gasteiger partial charge is 0.381 e. The Balaban J connectivity index is 1.64. The number of hydrogen-bond acceptors (Lipinski definition) is 2. The van der Waals surface area contributed by atoms with E-state index in [0.29, 0.717) is 31.7 Å². The molecule has 4 rings (SSSR count). The second-order valence-electron chi connectivity index (χ2n) is 7.50. The van der Waals surface area contributed by atoms with Crippen LogP contribution in [-0.4, -0.2) is 36.7 Å². The van der Waals surface area contributed by atoms with Gasteiger partial charge in [-0.05, 0) is 48.1 Å². The van der Waals surface area contributed by atoms with Crippen LogP contribution in [0.2, 0.25) is 0 Å². The van der Waals surface area contributed by atoms with E-state index in [9.17, 15) is 18.0 Å². The summed E-state index contributed by atoms with van der Waals surface area (Å²) in [6, 6.07) is 12.4. The topological polar surface area (TPSA) is 41.6 Å². The molecule has 7 heteroatoms. The Morgan fingerprint density at radius 3 is 2.41 bits per heavy atom. The Morgan fingerprint density at radius 2 is 1.72 bits per heavy atom. The van der Waals surface area contributed by atoms with Crippen LogP contribution in [0, 0.1) is 0 Å². The van der Waals surface area contributed by atoms with Crippen molar-refractivity contribution in [3.05, 3.63) is 70.8 Å². The molecular formula is C22H23F3N2O2. The molecule has 0 radical (unpaired) electrons. The van der Waals surface area contributed by atoms with Crippen molar-refractivity contribution < 1.29 is 22.7 Å². The highest BCUT2D eigenvalue weighted by molar-refractivity contribution is 5.76. The summed E-state index contributed by atoms with van der Waals surface area (Å²) in [7, 11) is 0. The first-order valence-electron chi connectivity index (χ1n) is 9.83. The van der Waals surface area contributed by atoms with Crippen molar-refractivity contribution >= 4 is 6.03 Å². The summed E-state index contributed by atoms with van der Waals surface area (Å²) in [4.78, 5) is 14.8. The molecule has 2 aromatic carbocycles. The zero-order valence-corrected chi connectivity index (χ0v) is 15.9. The molecule has 2 aliphatic rings. The van der Waals surface area contributed by atoms with E-state index in [1.807, 2.05) is 24.3 Å². The average Bonchev–Trinajstić information content (AvgIpc) is 2.73. The number of halogens is 3. The van der Waals surface area contributed by atoms with Gasteiger partial charge in [-0.2, -0.15) is 13.2 Å². The number of alkyl halides is 3. The lowest BCUT2D eigenvalue weighted by atomic mass is 9.88. The van der Waals surface area contributed by atoms with Gasteiger partial charge in [0.1, 0.15) is 0 Å². The molecule has 1 fully saturated rings. The van der Waals surface area contributed by atoms with Crippen LogP contribution in [0.5, 0.6) is 0 Å². The fraction of sp³-hybridized carbons (Fsp3) is 0.409. The molecule has 2 aliphatic heterocycles. The van der Waals surface area contributed by atoms with Crippen LogP contribution in [0.4, 0.5) is 18.0 Å². The molecule has 0 aromatic heterocycles. The third kappa shape index (κ3) is 4.24. The Kier molecular flexibility index (Phi) is 5.50. The molecule has 4 nitrogen and oxygen atoms in total. The van der Waals surface area contributed by atoms with E-state index >= 15 is 0 Å². The first kappa shape index (κ1) is 19.8. The zero-order valence-electron chi connectivity index (χ0n) is 15.9. The standard InChI is InChI=1S/C22H23F3N2O2/c23-22(24,25)17-7-5-16(6-8-17)20-19-4-2-1-3-15(19)9-12-27(20)21(28)26-18-10-13-29-14-11-18/h1-8,18,20H,9-14H2,(H,26,28)/t20-/m1/s1. The van der Waals surface area contributed by atoms with Crippen molar-refractivity contribution in [2.75, 3.05) is 19.8 Å². The normalized spacial score (nSPS) is 20.2. The Hall–Kier alpha value is -2.54. The molecule has 29 heavy (non-hydrogen) atoms. The van der Waals surface area contributed by atoms with E-state index in [1.54, 1.807) is 4.90 Å². The molecule has 0 spiro atoms. The number of ether oxygens (including phenoxy) is 1. The monoisotopic (exact) mass is 404 g/mol. The van der Waals surface area contributed by atoms with E-state index in [0.717, 1.165) is 36.1 Å². The van der Waals surface area contributed by atoms with Gasteiger partial charge in [0, 0.05) is 25.8 Å². The minimum absolute atomic E-state index is 0.0571. The second kappa shape index (κ2) is 8.06. The van der Waals surface area contributed by atoms with Crippen LogP contribution in [-0.2, 0) is 17.3 Å². The maximum Gasteiger partial charge on any atom is 0.416 e. The van der Waals surface area contributed by atoms with Gasteiger partial charge in [-0.3, -0.25) is 0 Å². The van der Waals surface area contributed by atoms with Crippen LogP contribution in [0.1, 0.15) is 41.1 Å². The van der Waals surface area contributed by atoms with E-state index in [1.165, 1.54) is 12.1 Å². The average molecular weight is 404 g/mol. The zero-order chi connectivity index (χ0) is 20.4. The van der Waals surface area contributed by atoms with Crippen LogP contribution in [0.15, 0.2) is 48.5 Å². The summed E-state index contributed by atoms with van der Waals surface area (Å²) in [6.45, 7) is 1.75. The molecule has 154 valence electrons. The number of fused-ring (bicyclic) bond motifs is 1. The number of rotatable bonds is 2. The highest BCUT2D eigenvalue weighted by Crippen LogP contribution is 2.37. The number of hydrogen-bond donors (Lipinski definition) is 1. The quantitative estimate of drug-likeness (QED) is 0.798. The summed E-state index contributed by atoms with van der Waals surface area (Å²) in [6.07, 6.45) is -2.14.